The van der Waals surface area contributed by atoms with Crippen LogP contribution in [0.15, 0.2) is 47.1 Å². The molecule has 0 radical (unpaired) electrons. The Balaban J connectivity index is 1.48. The summed E-state index contributed by atoms with van der Waals surface area (Å²) in [7, 11) is 0. The molecule has 1 spiro atoms. The summed E-state index contributed by atoms with van der Waals surface area (Å²) >= 11 is 0. The summed E-state index contributed by atoms with van der Waals surface area (Å²) < 4.78 is 5.53. The van der Waals surface area contributed by atoms with E-state index in [2.05, 4.69) is 49.1 Å². The number of benzene rings is 1. The van der Waals surface area contributed by atoms with Crippen LogP contribution < -0.4 is 0 Å². The molecule has 1 aliphatic carbocycles. The zero-order valence-electron chi connectivity index (χ0n) is 17.2. The summed E-state index contributed by atoms with van der Waals surface area (Å²) in [5.41, 5.74) is 3.16. The minimum atomic E-state index is 0.241. The van der Waals surface area contributed by atoms with Crippen LogP contribution in [0, 0.1) is 0 Å². The maximum absolute atomic E-state index is 12.8. The number of amides is 1. The number of fused-ring (bicyclic) bond motifs is 2. The van der Waals surface area contributed by atoms with Crippen molar-refractivity contribution in [2.75, 3.05) is 26.2 Å². The fraction of sp³-hybridized carbons (Fsp3) is 0.542. The highest BCUT2D eigenvalue weighted by Crippen LogP contribution is 2.52. The van der Waals surface area contributed by atoms with Gasteiger partial charge in [0.1, 0.15) is 5.76 Å². The van der Waals surface area contributed by atoms with E-state index in [0.717, 1.165) is 44.9 Å². The molecule has 4 heteroatoms. The third kappa shape index (κ3) is 3.62. The maximum Gasteiger partial charge on any atom is 0.223 e. The number of hydrogen-bond acceptors (Lipinski definition) is 3. The first-order valence-electron chi connectivity index (χ1n) is 10.8. The standard InChI is InChI=1S/C24H32N2O2/c1-3-26(4-2)23(27)16-19-17-24(22-10-6-5-9-21(19)22)11-13-25(14-12-24)18-20-8-7-15-28-20/h5-10,15,19H,3-4,11-14,16-18H2,1-2H3. The van der Waals surface area contributed by atoms with Gasteiger partial charge < -0.3 is 9.32 Å². The van der Waals surface area contributed by atoms with Crippen molar-refractivity contribution in [3.05, 3.63) is 59.5 Å². The smallest absolute Gasteiger partial charge is 0.223 e. The van der Waals surface area contributed by atoms with Crippen LogP contribution in [0.2, 0.25) is 0 Å². The number of carbonyl (C=O) groups excluding carboxylic acids is 1. The lowest BCUT2D eigenvalue weighted by Crippen LogP contribution is -2.41. The van der Waals surface area contributed by atoms with Crippen LogP contribution >= 0.6 is 0 Å². The Hall–Kier alpha value is -2.07. The van der Waals surface area contributed by atoms with E-state index in [1.807, 2.05) is 11.0 Å². The third-order valence-corrected chi connectivity index (χ3v) is 6.92. The molecule has 2 heterocycles. The molecule has 0 saturated carbocycles. The van der Waals surface area contributed by atoms with Crippen molar-refractivity contribution in [3.63, 3.8) is 0 Å². The molecule has 1 amide bonds. The fourth-order valence-corrected chi connectivity index (χ4v) is 5.36. The molecule has 1 fully saturated rings. The van der Waals surface area contributed by atoms with Crippen LogP contribution in [0.3, 0.4) is 0 Å². The number of piperidine rings is 1. The van der Waals surface area contributed by atoms with Gasteiger partial charge in [-0.25, -0.2) is 0 Å². The van der Waals surface area contributed by atoms with Gasteiger partial charge >= 0.3 is 0 Å². The molecular weight excluding hydrogens is 348 g/mol. The van der Waals surface area contributed by atoms with Gasteiger partial charge in [0.25, 0.3) is 0 Å². The van der Waals surface area contributed by atoms with E-state index in [-0.39, 0.29) is 5.41 Å². The first-order chi connectivity index (χ1) is 13.6. The lowest BCUT2D eigenvalue weighted by molar-refractivity contribution is -0.131. The van der Waals surface area contributed by atoms with Gasteiger partial charge in [-0.3, -0.25) is 9.69 Å². The fourth-order valence-electron chi connectivity index (χ4n) is 5.36. The number of furan rings is 1. The van der Waals surface area contributed by atoms with Gasteiger partial charge in [-0.05, 0) is 80.8 Å². The molecule has 2 aliphatic rings. The SMILES string of the molecule is CCN(CC)C(=O)CC1CC2(CCN(Cc3ccco3)CC2)c2ccccc21. The molecule has 0 bridgehead atoms. The summed E-state index contributed by atoms with van der Waals surface area (Å²) in [6, 6.07) is 12.9. The summed E-state index contributed by atoms with van der Waals surface area (Å²) in [4.78, 5) is 17.3. The van der Waals surface area contributed by atoms with Crippen LogP contribution in [0.25, 0.3) is 0 Å². The zero-order chi connectivity index (χ0) is 19.6. The summed E-state index contributed by atoms with van der Waals surface area (Å²) in [6.45, 7) is 8.82. The Bertz CT molecular complexity index is 787. The van der Waals surface area contributed by atoms with Gasteiger partial charge in [0.05, 0.1) is 12.8 Å². The summed E-state index contributed by atoms with van der Waals surface area (Å²) in [5, 5.41) is 0. The van der Waals surface area contributed by atoms with E-state index < -0.39 is 0 Å². The highest BCUT2D eigenvalue weighted by Gasteiger charge is 2.45. The van der Waals surface area contributed by atoms with E-state index in [1.165, 1.54) is 24.0 Å². The summed E-state index contributed by atoms with van der Waals surface area (Å²) in [6.07, 6.45) is 5.86. The van der Waals surface area contributed by atoms with Crippen molar-refractivity contribution in [2.24, 2.45) is 0 Å². The van der Waals surface area contributed by atoms with Crippen molar-refractivity contribution < 1.29 is 9.21 Å². The van der Waals surface area contributed by atoms with Crippen molar-refractivity contribution >= 4 is 5.91 Å². The number of hydrogen-bond donors (Lipinski definition) is 0. The Morgan fingerprint density at radius 1 is 1.14 bits per heavy atom. The molecule has 2 aromatic rings. The number of rotatable bonds is 6. The average Bonchev–Trinajstić information content (AvgIpc) is 3.32. The zero-order valence-corrected chi connectivity index (χ0v) is 17.2. The Morgan fingerprint density at radius 3 is 2.57 bits per heavy atom. The predicted octanol–water partition coefficient (Wildman–Crippen LogP) is 4.56. The van der Waals surface area contributed by atoms with E-state index >= 15 is 0 Å². The Kier molecular flexibility index (Phi) is 5.58. The van der Waals surface area contributed by atoms with Crippen LogP contribution in [0.4, 0.5) is 0 Å². The largest absolute Gasteiger partial charge is 0.468 e. The van der Waals surface area contributed by atoms with Crippen LogP contribution in [-0.2, 0) is 16.8 Å². The number of nitrogens with zero attached hydrogens (tertiary/aromatic N) is 2. The first-order valence-corrected chi connectivity index (χ1v) is 10.8. The summed E-state index contributed by atoms with van der Waals surface area (Å²) in [5.74, 6) is 1.71. The van der Waals surface area contributed by atoms with E-state index in [1.54, 1.807) is 6.26 Å². The molecule has 4 nitrogen and oxygen atoms in total. The Morgan fingerprint density at radius 2 is 1.89 bits per heavy atom. The lowest BCUT2D eigenvalue weighted by atomic mass is 9.73. The third-order valence-electron chi connectivity index (χ3n) is 6.92. The van der Waals surface area contributed by atoms with E-state index in [4.69, 9.17) is 4.42 Å². The predicted molar refractivity (Wildman–Crippen MR) is 111 cm³/mol. The molecule has 1 aromatic carbocycles. The lowest BCUT2D eigenvalue weighted by Gasteiger charge is -2.40. The maximum atomic E-state index is 12.8. The van der Waals surface area contributed by atoms with Gasteiger partial charge in [-0.15, -0.1) is 0 Å². The highest BCUT2D eigenvalue weighted by atomic mass is 16.3. The molecule has 28 heavy (non-hydrogen) atoms. The highest BCUT2D eigenvalue weighted by molar-refractivity contribution is 5.77. The molecule has 1 aromatic heterocycles. The topological polar surface area (TPSA) is 36.7 Å². The molecule has 1 aliphatic heterocycles. The second kappa shape index (κ2) is 8.12. The molecule has 1 saturated heterocycles. The molecular formula is C24H32N2O2. The minimum Gasteiger partial charge on any atom is -0.468 e. The normalized spacial score (nSPS) is 21.0. The molecule has 4 rings (SSSR count). The molecule has 1 unspecified atom stereocenters. The Labute approximate surface area is 168 Å². The van der Waals surface area contributed by atoms with Crippen LogP contribution in [0.5, 0.6) is 0 Å². The number of carbonyl (C=O) groups is 1. The van der Waals surface area contributed by atoms with Gasteiger partial charge in [-0.2, -0.15) is 0 Å². The monoisotopic (exact) mass is 380 g/mol. The minimum absolute atomic E-state index is 0.241. The van der Waals surface area contributed by atoms with Crippen LogP contribution in [-0.4, -0.2) is 41.9 Å². The quantitative estimate of drug-likeness (QED) is 0.737. The molecule has 1 atom stereocenters. The second-order valence-electron chi connectivity index (χ2n) is 8.39. The van der Waals surface area contributed by atoms with Crippen molar-refractivity contribution in [1.82, 2.24) is 9.80 Å². The molecule has 150 valence electrons. The second-order valence-corrected chi connectivity index (χ2v) is 8.39. The van der Waals surface area contributed by atoms with Gasteiger partial charge in [0.15, 0.2) is 0 Å². The van der Waals surface area contributed by atoms with Gasteiger partial charge in [0.2, 0.25) is 5.91 Å². The van der Waals surface area contributed by atoms with Gasteiger partial charge in [0, 0.05) is 19.5 Å². The van der Waals surface area contributed by atoms with Crippen molar-refractivity contribution in [3.8, 4) is 0 Å². The average molecular weight is 381 g/mol. The first kappa shape index (κ1) is 19.3. The van der Waals surface area contributed by atoms with Crippen molar-refractivity contribution in [1.29, 1.82) is 0 Å². The van der Waals surface area contributed by atoms with E-state index in [0.29, 0.717) is 18.2 Å². The van der Waals surface area contributed by atoms with Crippen molar-refractivity contribution in [2.45, 2.75) is 57.4 Å². The molecule has 0 N–H and O–H groups in total. The van der Waals surface area contributed by atoms with Crippen LogP contribution in [0.1, 0.15) is 62.3 Å². The number of likely N-dealkylation sites (tertiary alicyclic amines) is 1. The van der Waals surface area contributed by atoms with E-state index in [9.17, 15) is 4.79 Å². The van der Waals surface area contributed by atoms with Gasteiger partial charge in [-0.1, -0.05) is 24.3 Å².